The molecular weight excluding hydrogens is 164 g/mol. The third kappa shape index (κ3) is 7.01. The lowest BCUT2D eigenvalue weighted by Gasteiger charge is -2.02. The van der Waals surface area contributed by atoms with E-state index in [0.717, 1.165) is 6.47 Å². The van der Waals surface area contributed by atoms with Crippen LogP contribution in [-0.4, -0.2) is 38.9 Å². The van der Waals surface area contributed by atoms with Crippen molar-refractivity contribution < 1.29 is 23.8 Å². The molecule has 0 saturated carbocycles. The van der Waals surface area contributed by atoms with Crippen LogP contribution in [0.15, 0.2) is 0 Å². The van der Waals surface area contributed by atoms with Gasteiger partial charge < -0.3 is 14.2 Å². The Morgan fingerprint density at radius 2 is 2.17 bits per heavy atom. The van der Waals surface area contributed by atoms with Gasteiger partial charge in [-0.05, 0) is 6.92 Å². The van der Waals surface area contributed by atoms with Gasteiger partial charge in [0.15, 0.2) is 6.61 Å². The Kier molecular flexibility index (Phi) is 7.27. The van der Waals surface area contributed by atoms with E-state index in [1.54, 1.807) is 0 Å². The first-order valence-electron chi connectivity index (χ1n) is 3.53. The van der Waals surface area contributed by atoms with Crippen LogP contribution in [-0.2, 0) is 23.8 Å². The van der Waals surface area contributed by atoms with Crippen molar-refractivity contribution in [2.24, 2.45) is 0 Å². The average molecular weight is 175 g/mol. The summed E-state index contributed by atoms with van der Waals surface area (Å²) in [5, 5.41) is 0. The third-order valence-corrected chi connectivity index (χ3v) is 0.944. The normalized spacial score (nSPS) is 9.08. The van der Waals surface area contributed by atoms with Crippen LogP contribution in [0.3, 0.4) is 0 Å². The van der Waals surface area contributed by atoms with Gasteiger partial charge in [0.1, 0.15) is 6.61 Å². The molecule has 0 aliphatic heterocycles. The van der Waals surface area contributed by atoms with Gasteiger partial charge in [-0.25, -0.2) is 9.59 Å². The molecule has 0 bridgehead atoms. The number of carbonyl (C=O) groups excluding carboxylic acids is 2. The van der Waals surface area contributed by atoms with Gasteiger partial charge in [0, 0.05) is 6.61 Å². The minimum atomic E-state index is -0.599. The topological polar surface area (TPSA) is 61.8 Å². The summed E-state index contributed by atoms with van der Waals surface area (Å²) in [6.07, 6.45) is 0. The second-order valence-corrected chi connectivity index (χ2v) is 1.79. The Balaban J connectivity index is 3.13. The van der Waals surface area contributed by atoms with Gasteiger partial charge in [0.2, 0.25) is 0 Å². The molecule has 0 amide bonds. The molecule has 0 rings (SSSR count). The summed E-state index contributed by atoms with van der Waals surface area (Å²) in [5.41, 5.74) is 0. The molecule has 0 unspecified atom stereocenters. The van der Waals surface area contributed by atoms with Crippen molar-refractivity contribution in [1.82, 2.24) is 0 Å². The lowest BCUT2D eigenvalue weighted by atomic mass is 10.7. The number of ether oxygens (including phenoxy) is 3. The largest absolute Gasteiger partial charge is 0.461 e. The quantitative estimate of drug-likeness (QED) is 0.391. The van der Waals surface area contributed by atoms with E-state index in [0.29, 0.717) is 13.2 Å². The van der Waals surface area contributed by atoms with Crippen molar-refractivity contribution in [3.8, 4) is 0 Å². The Morgan fingerprint density at radius 1 is 1.42 bits per heavy atom. The molecule has 0 aromatic heterocycles. The summed E-state index contributed by atoms with van der Waals surface area (Å²) in [7, 11) is 0. The smallest absolute Gasteiger partial charge is 0.418 e. The second kappa shape index (κ2) is 8.00. The van der Waals surface area contributed by atoms with Gasteiger partial charge >= 0.3 is 12.4 Å². The van der Waals surface area contributed by atoms with Gasteiger partial charge in [-0.3, -0.25) is 0 Å². The molecule has 5 heteroatoms. The lowest BCUT2D eigenvalue weighted by Crippen LogP contribution is -2.15. The monoisotopic (exact) mass is 175 g/mol. The van der Waals surface area contributed by atoms with Crippen LogP contribution in [0.5, 0.6) is 0 Å². The molecule has 12 heavy (non-hydrogen) atoms. The van der Waals surface area contributed by atoms with E-state index < -0.39 is 12.6 Å². The van der Waals surface area contributed by atoms with Crippen LogP contribution in [0.2, 0.25) is 0 Å². The average Bonchev–Trinajstić information content (AvgIpc) is 2.09. The molecule has 0 saturated heterocycles. The standard InChI is InChI=1S/C7H11O5/c1-2-10-3-4-12-7(9)5-11-6-8/h2-5H2,1H3. The van der Waals surface area contributed by atoms with Crippen molar-refractivity contribution in [3.05, 3.63) is 0 Å². The first kappa shape index (κ1) is 10.9. The third-order valence-electron chi connectivity index (χ3n) is 0.944. The van der Waals surface area contributed by atoms with Crippen LogP contribution in [0, 0.1) is 0 Å². The molecule has 0 heterocycles. The SMILES string of the molecule is CCOCCOC(=O)CO[C]=O. The number of hydrogen-bond donors (Lipinski definition) is 0. The predicted octanol–water partition coefficient (Wildman–Crippen LogP) is -0.350. The van der Waals surface area contributed by atoms with E-state index in [1.807, 2.05) is 6.92 Å². The van der Waals surface area contributed by atoms with E-state index >= 15 is 0 Å². The molecule has 0 aliphatic carbocycles. The molecule has 0 aliphatic rings. The number of hydrogen-bond acceptors (Lipinski definition) is 5. The Labute approximate surface area is 70.6 Å². The van der Waals surface area contributed by atoms with Crippen LogP contribution in [0.1, 0.15) is 6.92 Å². The van der Waals surface area contributed by atoms with Gasteiger partial charge in [-0.15, -0.1) is 0 Å². The number of esters is 1. The zero-order chi connectivity index (χ0) is 9.23. The molecule has 0 N–H and O–H groups in total. The van der Waals surface area contributed by atoms with Gasteiger partial charge in [-0.2, -0.15) is 0 Å². The van der Waals surface area contributed by atoms with Crippen molar-refractivity contribution in [2.45, 2.75) is 6.92 Å². The molecule has 0 fully saturated rings. The van der Waals surface area contributed by atoms with Crippen LogP contribution in [0.25, 0.3) is 0 Å². The highest BCUT2D eigenvalue weighted by molar-refractivity contribution is 5.71. The first-order chi connectivity index (χ1) is 5.81. The highest BCUT2D eigenvalue weighted by Gasteiger charge is 2.01. The highest BCUT2D eigenvalue weighted by atomic mass is 16.6. The minimum Gasteiger partial charge on any atom is -0.461 e. The lowest BCUT2D eigenvalue weighted by molar-refractivity contribution is -0.147. The van der Waals surface area contributed by atoms with Crippen molar-refractivity contribution in [3.63, 3.8) is 0 Å². The Morgan fingerprint density at radius 3 is 2.75 bits per heavy atom. The van der Waals surface area contributed by atoms with E-state index in [2.05, 4.69) is 9.47 Å². The second-order valence-electron chi connectivity index (χ2n) is 1.79. The van der Waals surface area contributed by atoms with Crippen molar-refractivity contribution in [1.29, 1.82) is 0 Å². The Bertz CT molecular complexity index is 134. The minimum absolute atomic E-state index is 0.175. The van der Waals surface area contributed by atoms with Gasteiger partial charge in [-0.1, -0.05) is 0 Å². The van der Waals surface area contributed by atoms with E-state index in [1.165, 1.54) is 0 Å². The first-order valence-corrected chi connectivity index (χ1v) is 3.53. The number of rotatable bonds is 7. The molecule has 0 atom stereocenters. The zero-order valence-corrected chi connectivity index (χ0v) is 6.87. The summed E-state index contributed by atoms with van der Waals surface area (Å²) in [6, 6.07) is 0. The summed E-state index contributed by atoms with van der Waals surface area (Å²) in [4.78, 5) is 20.1. The fourth-order valence-corrected chi connectivity index (χ4v) is 0.489. The maximum Gasteiger partial charge on any atom is 0.418 e. The number of carbonyl (C=O) groups is 1. The van der Waals surface area contributed by atoms with Gasteiger partial charge in [0.05, 0.1) is 6.61 Å². The Hall–Kier alpha value is -1.10. The maximum absolute atomic E-state index is 10.6. The fourth-order valence-electron chi connectivity index (χ4n) is 0.489. The summed E-state index contributed by atoms with van der Waals surface area (Å²) in [5.74, 6) is -0.599. The highest BCUT2D eigenvalue weighted by Crippen LogP contribution is 1.81. The molecule has 0 spiro atoms. The molecule has 69 valence electrons. The van der Waals surface area contributed by atoms with E-state index in [4.69, 9.17) is 4.74 Å². The van der Waals surface area contributed by atoms with E-state index in [9.17, 15) is 9.59 Å². The van der Waals surface area contributed by atoms with E-state index in [-0.39, 0.29) is 6.61 Å². The molecule has 0 aromatic carbocycles. The van der Waals surface area contributed by atoms with Crippen LogP contribution >= 0.6 is 0 Å². The zero-order valence-electron chi connectivity index (χ0n) is 6.87. The molecule has 0 aromatic rings. The fraction of sp³-hybridized carbons (Fsp3) is 0.714. The predicted molar refractivity (Wildman–Crippen MR) is 39.1 cm³/mol. The summed E-state index contributed by atoms with van der Waals surface area (Å²) < 4.78 is 13.5. The summed E-state index contributed by atoms with van der Waals surface area (Å²) in [6.45, 7) is 3.67. The van der Waals surface area contributed by atoms with Crippen molar-refractivity contribution >= 4 is 12.4 Å². The molecular formula is C7H11O5. The molecule has 1 radical (unpaired) electrons. The van der Waals surface area contributed by atoms with Crippen molar-refractivity contribution in [2.75, 3.05) is 26.4 Å². The molecule has 5 nitrogen and oxygen atoms in total. The van der Waals surface area contributed by atoms with Crippen LogP contribution in [0.4, 0.5) is 0 Å². The van der Waals surface area contributed by atoms with Gasteiger partial charge in [0.25, 0.3) is 0 Å². The maximum atomic E-state index is 10.6. The summed E-state index contributed by atoms with van der Waals surface area (Å²) >= 11 is 0. The van der Waals surface area contributed by atoms with Crippen LogP contribution < -0.4 is 0 Å².